The van der Waals surface area contributed by atoms with Gasteiger partial charge in [-0.15, -0.1) is 11.3 Å². The van der Waals surface area contributed by atoms with Crippen molar-refractivity contribution >= 4 is 11.3 Å². The Bertz CT molecular complexity index is 376. The summed E-state index contributed by atoms with van der Waals surface area (Å²) >= 11 is 1.84. The molecule has 3 heteroatoms. The third kappa shape index (κ3) is 2.30. The van der Waals surface area contributed by atoms with Gasteiger partial charge in [0.2, 0.25) is 0 Å². The summed E-state index contributed by atoms with van der Waals surface area (Å²) in [4.78, 5) is 6.23. The van der Waals surface area contributed by atoms with Crippen LogP contribution in [0.1, 0.15) is 55.7 Å². The second kappa shape index (κ2) is 4.11. The fourth-order valence-corrected chi connectivity index (χ4v) is 3.59. The molecule has 0 radical (unpaired) electrons. The zero-order chi connectivity index (χ0) is 11.9. The molecule has 2 nitrogen and oxygen atoms in total. The first-order valence-electron chi connectivity index (χ1n) is 6.12. The van der Waals surface area contributed by atoms with Gasteiger partial charge in [-0.1, -0.05) is 27.7 Å². The second-order valence-electron chi connectivity index (χ2n) is 6.11. The molecule has 1 aromatic heterocycles. The Morgan fingerprint density at radius 3 is 2.75 bits per heavy atom. The maximum atomic E-state index is 6.27. The summed E-state index contributed by atoms with van der Waals surface area (Å²) in [6.45, 7) is 8.87. The first-order chi connectivity index (χ1) is 7.38. The molecule has 2 N–H and O–H groups in total. The topological polar surface area (TPSA) is 38.9 Å². The molecule has 0 saturated carbocycles. The van der Waals surface area contributed by atoms with Gasteiger partial charge in [0, 0.05) is 4.88 Å². The first-order valence-corrected chi connectivity index (χ1v) is 6.93. The molecular weight excluding hydrogens is 216 g/mol. The van der Waals surface area contributed by atoms with E-state index in [4.69, 9.17) is 10.7 Å². The molecule has 0 spiro atoms. The van der Waals surface area contributed by atoms with E-state index in [1.165, 1.54) is 23.4 Å². The highest BCUT2D eigenvalue weighted by Gasteiger charge is 2.28. The highest BCUT2D eigenvalue weighted by atomic mass is 32.1. The van der Waals surface area contributed by atoms with E-state index in [9.17, 15) is 0 Å². The van der Waals surface area contributed by atoms with Crippen molar-refractivity contribution < 1.29 is 0 Å². The molecule has 0 saturated heterocycles. The first kappa shape index (κ1) is 12.1. The zero-order valence-electron chi connectivity index (χ0n) is 10.7. The summed E-state index contributed by atoms with van der Waals surface area (Å²) in [5.41, 5.74) is 7.69. The second-order valence-corrected chi connectivity index (χ2v) is 7.23. The van der Waals surface area contributed by atoms with Crippen LogP contribution < -0.4 is 5.73 Å². The Hall–Kier alpha value is -0.410. The molecule has 0 amide bonds. The number of nitrogens with two attached hydrogens (primary N) is 1. The molecule has 1 heterocycles. The highest BCUT2D eigenvalue weighted by Crippen LogP contribution is 2.37. The Balaban J connectivity index is 2.25. The van der Waals surface area contributed by atoms with Crippen molar-refractivity contribution in [1.29, 1.82) is 0 Å². The van der Waals surface area contributed by atoms with E-state index in [0.29, 0.717) is 0 Å². The summed E-state index contributed by atoms with van der Waals surface area (Å²) in [6.07, 6.45) is 3.62. The number of thiazole rings is 1. The van der Waals surface area contributed by atoms with Crippen LogP contribution in [-0.4, -0.2) is 4.98 Å². The van der Waals surface area contributed by atoms with Gasteiger partial charge in [-0.2, -0.15) is 0 Å². The number of hydrogen-bond donors (Lipinski definition) is 1. The van der Waals surface area contributed by atoms with Gasteiger partial charge >= 0.3 is 0 Å². The molecule has 1 aromatic rings. The largest absolute Gasteiger partial charge is 0.322 e. The monoisotopic (exact) mass is 238 g/mol. The van der Waals surface area contributed by atoms with E-state index < -0.39 is 0 Å². The number of hydrogen-bond acceptors (Lipinski definition) is 3. The van der Waals surface area contributed by atoms with Crippen LogP contribution in [0, 0.1) is 11.3 Å². The SMILES string of the molecule is CC1CCc2nc(C(N)C(C)(C)C)sc2C1. The number of aryl methyl sites for hydroxylation is 1. The summed E-state index contributed by atoms with van der Waals surface area (Å²) in [5.74, 6) is 0.812. The zero-order valence-corrected chi connectivity index (χ0v) is 11.5. The summed E-state index contributed by atoms with van der Waals surface area (Å²) in [5, 5.41) is 1.13. The van der Waals surface area contributed by atoms with Gasteiger partial charge < -0.3 is 5.73 Å². The number of aromatic nitrogens is 1. The van der Waals surface area contributed by atoms with E-state index in [2.05, 4.69) is 27.7 Å². The van der Waals surface area contributed by atoms with Gasteiger partial charge in [-0.25, -0.2) is 4.98 Å². The van der Waals surface area contributed by atoms with Gasteiger partial charge in [0.05, 0.1) is 11.7 Å². The van der Waals surface area contributed by atoms with Crippen molar-refractivity contribution in [1.82, 2.24) is 4.98 Å². The normalized spacial score (nSPS) is 22.9. The minimum absolute atomic E-state index is 0.0680. The van der Waals surface area contributed by atoms with Crippen molar-refractivity contribution in [3.05, 3.63) is 15.6 Å². The maximum Gasteiger partial charge on any atom is 0.110 e. The van der Waals surface area contributed by atoms with Crippen molar-refractivity contribution in [2.24, 2.45) is 17.1 Å². The van der Waals surface area contributed by atoms with E-state index >= 15 is 0 Å². The highest BCUT2D eigenvalue weighted by molar-refractivity contribution is 7.11. The van der Waals surface area contributed by atoms with Crippen molar-refractivity contribution in [2.45, 2.75) is 53.0 Å². The summed E-state index contributed by atoms with van der Waals surface area (Å²) in [6, 6.07) is 0.0680. The summed E-state index contributed by atoms with van der Waals surface area (Å²) in [7, 11) is 0. The lowest BCUT2D eigenvalue weighted by molar-refractivity contribution is 0.326. The van der Waals surface area contributed by atoms with Crippen LogP contribution in [0.15, 0.2) is 0 Å². The van der Waals surface area contributed by atoms with Crippen LogP contribution in [0.3, 0.4) is 0 Å². The van der Waals surface area contributed by atoms with E-state index in [-0.39, 0.29) is 11.5 Å². The Kier molecular flexibility index (Phi) is 3.10. The van der Waals surface area contributed by atoms with Crippen LogP contribution in [0.5, 0.6) is 0 Å². The Morgan fingerprint density at radius 1 is 1.44 bits per heavy atom. The molecule has 0 aromatic carbocycles. The van der Waals surface area contributed by atoms with Crippen molar-refractivity contribution in [2.75, 3.05) is 0 Å². The standard InChI is InChI=1S/C13H22N2S/c1-8-5-6-9-10(7-8)16-12(15-9)11(14)13(2,3)4/h8,11H,5-7,14H2,1-4H3. The van der Waals surface area contributed by atoms with Crippen LogP contribution >= 0.6 is 11.3 Å². The summed E-state index contributed by atoms with van der Waals surface area (Å²) < 4.78 is 0. The maximum absolute atomic E-state index is 6.27. The minimum Gasteiger partial charge on any atom is -0.322 e. The third-order valence-electron chi connectivity index (χ3n) is 3.40. The molecule has 90 valence electrons. The fourth-order valence-electron chi connectivity index (χ4n) is 2.06. The Labute approximate surface area is 102 Å². The number of rotatable bonds is 1. The molecule has 0 fully saturated rings. The van der Waals surface area contributed by atoms with Crippen LogP contribution in [0.4, 0.5) is 0 Å². The lowest BCUT2D eigenvalue weighted by Crippen LogP contribution is -2.26. The lowest BCUT2D eigenvalue weighted by atomic mass is 9.88. The quantitative estimate of drug-likeness (QED) is 0.815. The molecule has 1 aliphatic rings. The molecular formula is C13H22N2S. The molecule has 2 unspecified atom stereocenters. The average Bonchev–Trinajstić information content (AvgIpc) is 2.57. The molecule has 2 atom stereocenters. The van der Waals surface area contributed by atoms with Crippen molar-refractivity contribution in [3.63, 3.8) is 0 Å². The van der Waals surface area contributed by atoms with Gasteiger partial charge in [-0.3, -0.25) is 0 Å². The van der Waals surface area contributed by atoms with Crippen LogP contribution in [0.2, 0.25) is 0 Å². The van der Waals surface area contributed by atoms with Gasteiger partial charge in [-0.05, 0) is 30.6 Å². The third-order valence-corrected chi connectivity index (χ3v) is 4.60. The Morgan fingerprint density at radius 2 is 2.12 bits per heavy atom. The minimum atomic E-state index is 0.0680. The average molecular weight is 238 g/mol. The smallest absolute Gasteiger partial charge is 0.110 e. The molecule has 0 aliphatic heterocycles. The molecule has 1 aliphatic carbocycles. The van der Waals surface area contributed by atoms with E-state index in [1.54, 1.807) is 0 Å². The number of nitrogens with zero attached hydrogens (tertiary/aromatic N) is 1. The molecule has 0 bridgehead atoms. The molecule has 2 rings (SSSR count). The predicted molar refractivity (Wildman–Crippen MR) is 69.7 cm³/mol. The van der Waals surface area contributed by atoms with E-state index in [0.717, 1.165) is 17.3 Å². The van der Waals surface area contributed by atoms with Crippen LogP contribution in [-0.2, 0) is 12.8 Å². The molecule has 16 heavy (non-hydrogen) atoms. The predicted octanol–water partition coefficient (Wildman–Crippen LogP) is 3.31. The number of fused-ring (bicyclic) bond motifs is 1. The van der Waals surface area contributed by atoms with Gasteiger partial charge in [0.1, 0.15) is 5.01 Å². The fraction of sp³-hybridized carbons (Fsp3) is 0.769. The van der Waals surface area contributed by atoms with Gasteiger partial charge in [0.15, 0.2) is 0 Å². The van der Waals surface area contributed by atoms with Gasteiger partial charge in [0.25, 0.3) is 0 Å². The van der Waals surface area contributed by atoms with Crippen molar-refractivity contribution in [3.8, 4) is 0 Å². The van der Waals surface area contributed by atoms with Crippen LogP contribution in [0.25, 0.3) is 0 Å². The lowest BCUT2D eigenvalue weighted by Gasteiger charge is -2.24. The van der Waals surface area contributed by atoms with E-state index in [1.807, 2.05) is 11.3 Å².